The molecule has 0 saturated heterocycles. The molecule has 0 fully saturated rings. The van der Waals surface area contributed by atoms with Gasteiger partial charge < -0.3 is 9.55 Å². The summed E-state index contributed by atoms with van der Waals surface area (Å²) >= 11 is 0. The lowest BCUT2D eigenvalue weighted by atomic mass is 10.1. The van der Waals surface area contributed by atoms with Crippen molar-refractivity contribution in [2.24, 2.45) is 7.05 Å². The number of nitrogens with zero attached hydrogens (tertiary/aromatic N) is 3. The second-order valence-corrected chi connectivity index (χ2v) is 3.85. The highest BCUT2D eigenvalue weighted by Crippen LogP contribution is 2.25. The average molecular weight is 226 g/mol. The van der Waals surface area contributed by atoms with Gasteiger partial charge in [0.25, 0.3) is 0 Å². The molecular weight excluding hydrogens is 216 g/mol. The summed E-state index contributed by atoms with van der Waals surface area (Å²) < 4.78 is 1.94. The Hall–Kier alpha value is -2.43. The predicted octanol–water partition coefficient (Wildman–Crippen LogP) is 1.78. The number of nitrogens with one attached hydrogen (secondary N) is 1. The van der Waals surface area contributed by atoms with E-state index < -0.39 is 0 Å². The fraction of sp³-hybridized carbons (Fsp3) is 0.0833. The van der Waals surface area contributed by atoms with Crippen LogP contribution in [0.15, 0.2) is 30.9 Å². The number of fused-ring (bicyclic) bond motifs is 1. The molecule has 84 valence electrons. The molecule has 0 radical (unpaired) electrons. The van der Waals surface area contributed by atoms with Crippen molar-refractivity contribution in [3.8, 4) is 11.3 Å². The van der Waals surface area contributed by atoms with E-state index in [9.17, 15) is 4.79 Å². The highest BCUT2D eigenvalue weighted by atomic mass is 16.1. The Morgan fingerprint density at radius 1 is 1.41 bits per heavy atom. The fourth-order valence-corrected chi connectivity index (χ4v) is 1.92. The standard InChI is InChI=1S/C12H10N4O/c1-16-3-2-10-11(14-7-15-12(10)16)8-4-9(6-17)13-5-8/h2-7,13H,1H3. The van der Waals surface area contributed by atoms with Crippen LogP contribution in [0.1, 0.15) is 10.5 Å². The predicted molar refractivity (Wildman–Crippen MR) is 63.7 cm³/mol. The number of hydrogen-bond acceptors (Lipinski definition) is 3. The summed E-state index contributed by atoms with van der Waals surface area (Å²) in [6.45, 7) is 0. The Labute approximate surface area is 97.1 Å². The van der Waals surface area contributed by atoms with E-state index in [2.05, 4.69) is 15.0 Å². The third-order valence-electron chi connectivity index (χ3n) is 2.77. The highest BCUT2D eigenvalue weighted by Gasteiger charge is 2.09. The van der Waals surface area contributed by atoms with Gasteiger partial charge in [-0.2, -0.15) is 0 Å². The van der Waals surface area contributed by atoms with Crippen molar-refractivity contribution in [3.05, 3.63) is 36.5 Å². The first-order valence-electron chi connectivity index (χ1n) is 5.19. The molecule has 5 heteroatoms. The van der Waals surface area contributed by atoms with Crippen molar-refractivity contribution >= 4 is 17.3 Å². The van der Waals surface area contributed by atoms with Crippen LogP contribution in [-0.4, -0.2) is 25.8 Å². The van der Waals surface area contributed by atoms with Gasteiger partial charge in [-0.25, -0.2) is 9.97 Å². The molecule has 0 unspecified atom stereocenters. The molecule has 0 bridgehead atoms. The molecule has 0 saturated carbocycles. The minimum atomic E-state index is 0.544. The first-order chi connectivity index (χ1) is 8.29. The number of aromatic nitrogens is 4. The van der Waals surface area contributed by atoms with Crippen LogP contribution in [0.5, 0.6) is 0 Å². The summed E-state index contributed by atoms with van der Waals surface area (Å²) in [5, 5.41) is 0.978. The Balaban J connectivity index is 2.26. The van der Waals surface area contributed by atoms with Crippen LogP contribution in [0, 0.1) is 0 Å². The molecule has 3 aromatic rings. The molecule has 17 heavy (non-hydrogen) atoms. The summed E-state index contributed by atoms with van der Waals surface area (Å²) in [5.74, 6) is 0. The van der Waals surface area contributed by atoms with Crippen molar-refractivity contribution in [2.75, 3.05) is 0 Å². The second-order valence-electron chi connectivity index (χ2n) is 3.85. The quantitative estimate of drug-likeness (QED) is 0.677. The Bertz CT molecular complexity index is 695. The van der Waals surface area contributed by atoms with Crippen molar-refractivity contribution in [1.82, 2.24) is 19.5 Å². The van der Waals surface area contributed by atoms with Gasteiger partial charge in [-0.1, -0.05) is 0 Å². The number of hydrogen-bond donors (Lipinski definition) is 1. The number of rotatable bonds is 2. The van der Waals surface area contributed by atoms with Gasteiger partial charge in [-0.05, 0) is 12.1 Å². The molecule has 0 spiro atoms. The van der Waals surface area contributed by atoms with Crippen LogP contribution in [0.25, 0.3) is 22.3 Å². The summed E-state index contributed by atoms with van der Waals surface area (Å²) in [4.78, 5) is 22.0. The first-order valence-corrected chi connectivity index (χ1v) is 5.19. The Morgan fingerprint density at radius 2 is 2.29 bits per heavy atom. The average Bonchev–Trinajstić information content (AvgIpc) is 2.96. The van der Waals surface area contributed by atoms with Crippen molar-refractivity contribution in [3.63, 3.8) is 0 Å². The van der Waals surface area contributed by atoms with E-state index in [0.29, 0.717) is 5.69 Å². The van der Waals surface area contributed by atoms with Crippen LogP contribution in [0.3, 0.4) is 0 Å². The monoisotopic (exact) mass is 226 g/mol. The summed E-state index contributed by atoms with van der Waals surface area (Å²) in [6, 6.07) is 3.75. The van der Waals surface area contributed by atoms with E-state index in [1.54, 1.807) is 12.3 Å². The molecule has 3 rings (SSSR count). The maximum Gasteiger partial charge on any atom is 0.166 e. The maximum absolute atomic E-state index is 10.7. The van der Waals surface area contributed by atoms with Crippen molar-refractivity contribution < 1.29 is 4.79 Å². The normalized spacial score (nSPS) is 10.9. The van der Waals surface area contributed by atoms with Gasteiger partial charge in [0, 0.05) is 30.4 Å². The number of carbonyl (C=O) groups is 1. The van der Waals surface area contributed by atoms with Crippen LogP contribution < -0.4 is 0 Å². The zero-order chi connectivity index (χ0) is 11.8. The molecule has 5 nitrogen and oxygen atoms in total. The van der Waals surface area contributed by atoms with E-state index in [0.717, 1.165) is 28.6 Å². The third kappa shape index (κ3) is 1.44. The molecule has 0 aliphatic rings. The first kappa shape index (κ1) is 9.77. The number of aryl methyl sites for hydroxylation is 1. The number of aldehydes is 1. The zero-order valence-electron chi connectivity index (χ0n) is 9.21. The molecule has 3 heterocycles. The van der Waals surface area contributed by atoms with Crippen LogP contribution in [-0.2, 0) is 7.05 Å². The molecule has 0 atom stereocenters. The zero-order valence-corrected chi connectivity index (χ0v) is 9.21. The van der Waals surface area contributed by atoms with Gasteiger partial charge in [0.1, 0.15) is 12.0 Å². The number of aromatic amines is 1. The smallest absolute Gasteiger partial charge is 0.166 e. The Kier molecular flexibility index (Phi) is 2.04. The van der Waals surface area contributed by atoms with E-state index in [4.69, 9.17) is 0 Å². The van der Waals surface area contributed by atoms with E-state index in [-0.39, 0.29) is 0 Å². The molecule has 0 aromatic carbocycles. The lowest BCUT2D eigenvalue weighted by molar-refractivity contribution is 0.111. The summed E-state index contributed by atoms with van der Waals surface area (Å²) in [6.07, 6.45) is 6.03. The van der Waals surface area contributed by atoms with Crippen molar-refractivity contribution in [1.29, 1.82) is 0 Å². The molecular formula is C12H10N4O. The SMILES string of the molecule is Cn1ccc2c(-c3c[nH]c(C=O)c3)ncnc21. The minimum Gasteiger partial charge on any atom is -0.358 e. The maximum atomic E-state index is 10.7. The van der Waals surface area contributed by atoms with Crippen LogP contribution >= 0.6 is 0 Å². The fourth-order valence-electron chi connectivity index (χ4n) is 1.92. The third-order valence-corrected chi connectivity index (χ3v) is 2.77. The van der Waals surface area contributed by atoms with Crippen molar-refractivity contribution in [2.45, 2.75) is 0 Å². The van der Waals surface area contributed by atoms with Gasteiger partial charge in [-0.15, -0.1) is 0 Å². The van der Waals surface area contributed by atoms with Crippen LogP contribution in [0.2, 0.25) is 0 Å². The van der Waals surface area contributed by atoms with Gasteiger partial charge >= 0.3 is 0 Å². The van der Waals surface area contributed by atoms with E-state index >= 15 is 0 Å². The minimum absolute atomic E-state index is 0.544. The lowest BCUT2D eigenvalue weighted by Gasteiger charge is -1.99. The van der Waals surface area contributed by atoms with E-state index in [1.807, 2.05) is 23.9 Å². The highest BCUT2D eigenvalue weighted by molar-refractivity contribution is 5.91. The topological polar surface area (TPSA) is 63.6 Å². The molecule has 1 N–H and O–H groups in total. The number of H-pyrrole nitrogens is 1. The molecule has 0 amide bonds. The molecule has 0 aliphatic heterocycles. The molecule has 0 aliphatic carbocycles. The second kappa shape index (κ2) is 3.55. The summed E-state index contributed by atoms with van der Waals surface area (Å²) in [5.41, 5.74) is 3.15. The lowest BCUT2D eigenvalue weighted by Crippen LogP contribution is -1.90. The largest absolute Gasteiger partial charge is 0.358 e. The number of carbonyl (C=O) groups excluding carboxylic acids is 1. The van der Waals surface area contributed by atoms with E-state index in [1.165, 1.54) is 6.33 Å². The van der Waals surface area contributed by atoms with Crippen LogP contribution in [0.4, 0.5) is 0 Å². The Morgan fingerprint density at radius 3 is 3.06 bits per heavy atom. The van der Waals surface area contributed by atoms with Gasteiger partial charge in [0.2, 0.25) is 0 Å². The van der Waals surface area contributed by atoms with Gasteiger partial charge in [0.05, 0.1) is 11.4 Å². The summed E-state index contributed by atoms with van der Waals surface area (Å²) in [7, 11) is 1.94. The van der Waals surface area contributed by atoms with Gasteiger partial charge in [0.15, 0.2) is 6.29 Å². The van der Waals surface area contributed by atoms with Gasteiger partial charge in [-0.3, -0.25) is 4.79 Å². The molecule has 3 aromatic heterocycles.